The molecule has 0 amide bonds. The lowest BCUT2D eigenvalue weighted by Gasteiger charge is -2.33. The number of hydrogen-bond acceptors (Lipinski definition) is 5. The summed E-state index contributed by atoms with van der Waals surface area (Å²) < 4.78 is 32.2. The normalized spacial score (nSPS) is 16.5. The Hall–Kier alpha value is -1.12. The molecular weight excluding hydrogens is 368 g/mol. The Morgan fingerprint density at radius 1 is 1.12 bits per heavy atom. The first kappa shape index (κ1) is 19.2. The average Bonchev–Trinajstić information content (AvgIpc) is 3.08. The van der Waals surface area contributed by atoms with Crippen molar-refractivity contribution in [3.05, 3.63) is 46.7 Å². The van der Waals surface area contributed by atoms with Crippen molar-refractivity contribution < 1.29 is 13.2 Å². The molecule has 1 fully saturated rings. The number of piperazine rings is 1. The van der Waals surface area contributed by atoms with E-state index in [1.165, 1.54) is 12.0 Å². The van der Waals surface area contributed by atoms with Gasteiger partial charge in [-0.1, -0.05) is 12.1 Å². The highest BCUT2D eigenvalue weighted by molar-refractivity contribution is 7.89. The van der Waals surface area contributed by atoms with Crippen molar-refractivity contribution in [1.29, 1.82) is 0 Å². The number of halogens is 1. The highest BCUT2D eigenvalue weighted by Crippen LogP contribution is 2.22. The topological polar surface area (TPSA) is 49.9 Å². The fourth-order valence-corrected chi connectivity index (χ4v) is 4.87. The third kappa shape index (κ3) is 4.29. The largest absolute Gasteiger partial charge is 0.497 e. The van der Waals surface area contributed by atoms with E-state index in [4.69, 9.17) is 4.74 Å². The molecule has 1 aliphatic rings. The van der Waals surface area contributed by atoms with Crippen LogP contribution in [0.1, 0.15) is 4.88 Å². The molecule has 24 heavy (non-hydrogen) atoms. The number of ether oxygens (including phenoxy) is 1. The molecular formula is C16H21ClN2O3S2. The molecule has 0 N–H and O–H groups in total. The minimum atomic E-state index is -3.45. The number of nitrogens with zero attached hydrogens (tertiary/aromatic N) is 2. The molecule has 1 aromatic heterocycles. The van der Waals surface area contributed by atoms with Crippen molar-refractivity contribution >= 4 is 33.8 Å². The summed E-state index contributed by atoms with van der Waals surface area (Å²) in [7, 11) is -1.91. The van der Waals surface area contributed by atoms with Gasteiger partial charge < -0.3 is 4.74 Å². The van der Waals surface area contributed by atoms with E-state index in [1.807, 2.05) is 6.07 Å². The van der Waals surface area contributed by atoms with Crippen LogP contribution in [0.25, 0.3) is 0 Å². The Morgan fingerprint density at radius 3 is 2.50 bits per heavy atom. The monoisotopic (exact) mass is 388 g/mol. The van der Waals surface area contributed by atoms with Gasteiger partial charge in [-0.3, -0.25) is 4.90 Å². The van der Waals surface area contributed by atoms with Crippen LogP contribution >= 0.6 is 23.7 Å². The van der Waals surface area contributed by atoms with Crippen LogP contribution in [-0.2, 0) is 16.6 Å². The molecule has 0 radical (unpaired) electrons. The number of hydrogen-bond donors (Lipinski definition) is 0. The maximum absolute atomic E-state index is 12.7. The molecule has 0 bridgehead atoms. The smallest absolute Gasteiger partial charge is 0.243 e. The van der Waals surface area contributed by atoms with Crippen LogP contribution in [0, 0.1) is 0 Å². The van der Waals surface area contributed by atoms with Gasteiger partial charge in [-0.2, -0.15) is 4.31 Å². The fraction of sp³-hybridized carbons (Fsp3) is 0.375. The molecule has 0 aliphatic carbocycles. The summed E-state index contributed by atoms with van der Waals surface area (Å²) in [6.45, 7) is 3.43. The van der Waals surface area contributed by atoms with Gasteiger partial charge in [0.25, 0.3) is 0 Å². The van der Waals surface area contributed by atoms with E-state index in [0.29, 0.717) is 23.7 Å². The van der Waals surface area contributed by atoms with Gasteiger partial charge in [0.15, 0.2) is 0 Å². The fourth-order valence-electron chi connectivity index (χ4n) is 2.66. The van der Waals surface area contributed by atoms with Crippen molar-refractivity contribution in [2.24, 2.45) is 0 Å². The van der Waals surface area contributed by atoms with Crippen LogP contribution in [-0.4, -0.2) is 50.9 Å². The number of benzene rings is 1. The molecule has 132 valence electrons. The van der Waals surface area contributed by atoms with E-state index >= 15 is 0 Å². The Bertz CT molecular complexity index is 742. The van der Waals surface area contributed by atoms with Crippen LogP contribution in [0.5, 0.6) is 5.75 Å². The molecule has 2 aromatic rings. The summed E-state index contributed by atoms with van der Waals surface area (Å²) in [5, 5.41) is 2.07. The van der Waals surface area contributed by atoms with Crippen LogP contribution < -0.4 is 4.74 Å². The number of thiophene rings is 1. The second-order valence-corrected chi connectivity index (χ2v) is 8.41. The Kier molecular flexibility index (Phi) is 6.65. The molecule has 1 aromatic carbocycles. The summed E-state index contributed by atoms with van der Waals surface area (Å²) in [6, 6.07) is 10.8. The molecule has 0 atom stereocenters. The standard InChI is InChI=1S/C16H20N2O3S2.ClH/c1-21-14-4-2-6-16(12-14)23(19,20)18-9-7-17(8-10-18)13-15-5-3-11-22-15;/h2-6,11-12H,7-10,13H2,1H3;1H. The molecule has 2 heterocycles. The van der Waals surface area contributed by atoms with E-state index in [0.717, 1.165) is 19.6 Å². The van der Waals surface area contributed by atoms with Gasteiger partial charge in [0, 0.05) is 43.7 Å². The minimum Gasteiger partial charge on any atom is -0.497 e. The van der Waals surface area contributed by atoms with Crippen LogP contribution in [0.15, 0.2) is 46.7 Å². The molecule has 5 nitrogen and oxygen atoms in total. The number of rotatable bonds is 5. The maximum atomic E-state index is 12.7. The molecule has 1 saturated heterocycles. The predicted octanol–water partition coefficient (Wildman–Crippen LogP) is 2.69. The SMILES string of the molecule is COc1cccc(S(=O)(=O)N2CCN(Cc3cccs3)CC2)c1.Cl. The average molecular weight is 389 g/mol. The molecule has 3 rings (SSSR count). The molecule has 8 heteroatoms. The van der Waals surface area contributed by atoms with Gasteiger partial charge in [-0.25, -0.2) is 8.42 Å². The summed E-state index contributed by atoms with van der Waals surface area (Å²) in [4.78, 5) is 3.90. The van der Waals surface area contributed by atoms with E-state index in [-0.39, 0.29) is 12.4 Å². The van der Waals surface area contributed by atoms with Crippen molar-refractivity contribution in [2.45, 2.75) is 11.4 Å². The van der Waals surface area contributed by atoms with Crippen LogP contribution in [0.3, 0.4) is 0 Å². The zero-order chi connectivity index (χ0) is 16.3. The van der Waals surface area contributed by atoms with E-state index < -0.39 is 10.0 Å². The molecule has 1 aliphatic heterocycles. The quantitative estimate of drug-likeness (QED) is 0.790. The minimum absolute atomic E-state index is 0. The van der Waals surface area contributed by atoms with Crippen LogP contribution in [0.4, 0.5) is 0 Å². The van der Waals surface area contributed by atoms with Gasteiger partial charge in [-0.05, 0) is 23.6 Å². The second kappa shape index (κ2) is 8.31. The van der Waals surface area contributed by atoms with E-state index in [9.17, 15) is 8.42 Å². The maximum Gasteiger partial charge on any atom is 0.243 e. The Labute approximate surface area is 153 Å². The number of methoxy groups -OCH3 is 1. The van der Waals surface area contributed by atoms with Crippen LogP contribution in [0.2, 0.25) is 0 Å². The first-order valence-corrected chi connectivity index (χ1v) is 9.80. The van der Waals surface area contributed by atoms with Gasteiger partial charge in [-0.15, -0.1) is 23.7 Å². The van der Waals surface area contributed by atoms with Gasteiger partial charge >= 0.3 is 0 Å². The predicted molar refractivity (Wildman–Crippen MR) is 98.6 cm³/mol. The zero-order valence-electron chi connectivity index (χ0n) is 13.4. The molecule has 0 unspecified atom stereocenters. The lowest BCUT2D eigenvalue weighted by Crippen LogP contribution is -2.48. The van der Waals surface area contributed by atoms with E-state index in [2.05, 4.69) is 16.3 Å². The van der Waals surface area contributed by atoms with Crippen molar-refractivity contribution in [1.82, 2.24) is 9.21 Å². The first-order chi connectivity index (χ1) is 11.1. The highest BCUT2D eigenvalue weighted by Gasteiger charge is 2.28. The summed E-state index contributed by atoms with van der Waals surface area (Å²) in [6.07, 6.45) is 0. The van der Waals surface area contributed by atoms with Gasteiger partial charge in [0.2, 0.25) is 10.0 Å². The Balaban J connectivity index is 0.00000208. The lowest BCUT2D eigenvalue weighted by atomic mass is 10.3. The van der Waals surface area contributed by atoms with E-state index in [1.54, 1.807) is 39.9 Å². The Morgan fingerprint density at radius 2 is 1.88 bits per heavy atom. The highest BCUT2D eigenvalue weighted by atomic mass is 35.5. The van der Waals surface area contributed by atoms with Crippen molar-refractivity contribution in [3.63, 3.8) is 0 Å². The van der Waals surface area contributed by atoms with Crippen molar-refractivity contribution in [2.75, 3.05) is 33.3 Å². The van der Waals surface area contributed by atoms with Gasteiger partial charge in [0.1, 0.15) is 5.75 Å². The van der Waals surface area contributed by atoms with Gasteiger partial charge in [0.05, 0.1) is 12.0 Å². The molecule has 0 saturated carbocycles. The van der Waals surface area contributed by atoms with Crippen molar-refractivity contribution in [3.8, 4) is 5.75 Å². The zero-order valence-corrected chi connectivity index (χ0v) is 15.9. The summed E-state index contributed by atoms with van der Waals surface area (Å²) >= 11 is 1.74. The summed E-state index contributed by atoms with van der Waals surface area (Å²) in [5.74, 6) is 0.558. The second-order valence-electron chi connectivity index (χ2n) is 5.44. The summed E-state index contributed by atoms with van der Waals surface area (Å²) in [5.41, 5.74) is 0. The third-order valence-electron chi connectivity index (χ3n) is 3.97. The third-order valence-corrected chi connectivity index (χ3v) is 6.73. The number of sulfonamides is 1. The first-order valence-electron chi connectivity index (χ1n) is 7.48. The lowest BCUT2D eigenvalue weighted by molar-refractivity contribution is 0.183. The molecule has 0 spiro atoms.